The Balaban J connectivity index is 2.50. The van der Waals surface area contributed by atoms with Crippen molar-refractivity contribution >= 4 is 23.8 Å². The fourth-order valence-electron chi connectivity index (χ4n) is 3.72. The highest BCUT2D eigenvalue weighted by Gasteiger charge is 2.37. The Morgan fingerprint density at radius 2 is 1.71 bits per heavy atom. The molecule has 1 aromatic heterocycles. The number of benzene rings is 1. The summed E-state index contributed by atoms with van der Waals surface area (Å²) >= 11 is 0. The summed E-state index contributed by atoms with van der Waals surface area (Å²) in [7, 11) is 1.76. The highest BCUT2D eigenvalue weighted by atomic mass is 16.5. The van der Waals surface area contributed by atoms with E-state index in [-0.39, 0.29) is 43.0 Å². The number of hydrogen-bond donors (Lipinski definition) is 2. The van der Waals surface area contributed by atoms with Crippen molar-refractivity contribution in [3.8, 4) is 0 Å². The van der Waals surface area contributed by atoms with Gasteiger partial charge >= 0.3 is 0 Å². The summed E-state index contributed by atoms with van der Waals surface area (Å²) in [6.07, 6.45) is 6.27. The molecule has 2 N–H and O–H groups in total. The van der Waals surface area contributed by atoms with Gasteiger partial charge in [-0.25, -0.2) is 15.5 Å². The Labute approximate surface area is 208 Å². The van der Waals surface area contributed by atoms with Crippen molar-refractivity contribution in [2.24, 2.45) is 18.9 Å². The number of amides is 3. The van der Waals surface area contributed by atoms with E-state index in [1.165, 1.54) is 10.0 Å². The van der Waals surface area contributed by atoms with Crippen LogP contribution < -0.4 is 5.48 Å². The quantitative estimate of drug-likeness (QED) is 0.369. The summed E-state index contributed by atoms with van der Waals surface area (Å²) in [5.41, 5.74) is 3.03. The number of nitrogens with zero attached hydrogens (tertiary/aromatic N) is 3. The number of hydroxylamine groups is 1. The van der Waals surface area contributed by atoms with Gasteiger partial charge in [-0.3, -0.25) is 19.6 Å². The van der Waals surface area contributed by atoms with Crippen LogP contribution in [0.15, 0.2) is 54.7 Å². The minimum Gasteiger partial charge on any atom is -0.347 e. The second-order valence-corrected chi connectivity index (χ2v) is 9.50. The molecule has 0 aliphatic rings. The van der Waals surface area contributed by atoms with Gasteiger partial charge in [0.15, 0.2) is 0 Å². The van der Waals surface area contributed by atoms with Crippen LogP contribution in [0.5, 0.6) is 0 Å². The maximum absolute atomic E-state index is 13.7. The molecule has 0 fully saturated rings. The van der Waals surface area contributed by atoms with E-state index in [9.17, 15) is 19.6 Å². The minimum absolute atomic E-state index is 0.0253. The maximum Gasteiger partial charge on any atom is 0.289 e. The van der Waals surface area contributed by atoms with Gasteiger partial charge in [0.25, 0.3) is 11.8 Å². The zero-order valence-corrected chi connectivity index (χ0v) is 21.3. The van der Waals surface area contributed by atoms with E-state index >= 15 is 0 Å². The monoisotopic (exact) mass is 482 g/mol. The summed E-state index contributed by atoms with van der Waals surface area (Å²) < 4.78 is 1.68. The van der Waals surface area contributed by atoms with Crippen molar-refractivity contribution in [2.75, 3.05) is 6.54 Å². The van der Waals surface area contributed by atoms with Crippen LogP contribution >= 0.6 is 0 Å². The molecule has 0 unspecified atom stereocenters. The SMILES string of the molecule is CC(C)CCC(=O)N([C@@H](CC=Cc1ccccc1)C(=O)NO)N(CC(C)C)C(=O)c1cccn1C. The molecule has 2 aromatic rings. The second kappa shape index (κ2) is 13.5. The molecule has 35 heavy (non-hydrogen) atoms. The smallest absolute Gasteiger partial charge is 0.289 e. The maximum atomic E-state index is 13.7. The van der Waals surface area contributed by atoms with E-state index in [0.29, 0.717) is 12.1 Å². The first-order valence-electron chi connectivity index (χ1n) is 12.1. The second-order valence-electron chi connectivity index (χ2n) is 9.50. The van der Waals surface area contributed by atoms with Gasteiger partial charge in [-0.05, 0) is 42.4 Å². The van der Waals surface area contributed by atoms with E-state index < -0.39 is 11.9 Å². The average molecular weight is 483 g/mol. The first kappa shape index (κ1) is 27.9. The Kier molecular flexibility index (Phi) is 10.7. The van der Waals surface area contributed by atoms with Gasteiger partial charge < -0.3 is 4.57 Å². The van der Waals surface area contributed by atoms with Crippen LogP contribution in [0.2, 0.25) is 0 Å². The lowest BCUT2D eigenvalue weighted by molar-refractivity contribution is -0.160. The van der Waals surface area contributed by atoms with E-state index in [2.05, 4.69) is 0 Å². The number of hydrazine groups is 1. The summed E-state index contributed by atoms with van der Waals surface area (Å²) in [5.74, 6) is -1.19. The minimum atomic E-state index is -1.11. The van der Waals surface area contributed by atoms with Crippen molar-refractivity contribution in [1.29, 1.82) is 0 Å². The Bertz CT molecular complexity index is 998. The number of hydrogen-bond acceptors (Lipinski definition) is 4. The molecule has 1 aromatic carbocycles. The molecule has 0 saturated heterocycles. The lowest BCUT2D eigenvalue weighted by Crippen LogP contribution is -2.59. The van der Waals surface area contributed by atoms with Crippen LogP contribution in [0.1, 0.15) is 63.0 Å². The number of aromatic nitrogens is 1. The van der Waals surface area contributed by atoms with E-state index in [4.69, 9.17) is 0 Å². The van der Waals surface area contributed by atoms with Gasteiger partial charge in [-0.1, -0.05) is 70.2 Å². The molecule has 0 spiro atoms. The first-order valence-corrected chi connectivity index (χ1v) is 12.1. The molecule has 0 radical (unpaired) electrons. The van der Waals surface area contributed by atoms with Gasteiger partial charge in [0, 0.05) is 26.2 Å². The van der Waals surface area contributed by atoms with Crippen LogP contribution in [-0.2, 0) is 16.6 Å². The predicted octanol–water partition coefficient (Wildman–Crippen LogP) is 4.28. The predicted molar refractivity (Wildman–Crippen MR) is 136 cm³/mol. The van der Waals surface area contributed by atoms with Crippen LogP contribution in [0.3, 0.4) is 0 Å². The molecule has 8 heteroatoms. The zero-order valence-electron chi connectivity index (χ0n) is 21.3. The number of aryl methyl sites for hydroxylation is 1. The van der Waals surface area contributed by atoms with E-state index in [0.717, 1.165) is 5.56 Å². The molecule has 0 bridgehead atoms. The third kappa shape index (κ3) is 8.10. The lowest BCUT2D eigenvalue weighted by atomic mass is 10.1. The molecule has 8 nitrogen and oxygen atoms in total. The number of rotatable bonds is 11. The summed E-state index contributed by atoms with van der Waals surface area (Å²) in [6, 6.07) is 11.9. The van der Waals surface area contributed by atoms with Crippen molar-refractivity contribution < 1.29 is 19.6 Å². The molecule has 3 amide bonds. The molecular weight excluding hydrogens is 444 g/mol. The zero-order chi connectivity index (χ0) is 26.0. The third-order valence-corrected chi connectivity index (χ3v) is 5.56. The molecule has 0 aliphatic carbocycles. The topological polar surface area (TPSA) is 94.9 Å². The summed E-state index contributed by atoms with van der Waals surface area (Å²) in [6.45, 7) is 8.14. The molecular formula is C27H38N4O4. The van der Waals surface area contributed by atoms with Gasteiger partial charge in [0.2, 0.25) is 5.91 Å². The van der Waals surface area contributed by atoms with Crippen LogP contribution in [-0.4, -0.2) is 50.1 Å². The molecule has 0 aliphatic heterocycles. The lowest BCUT2D eigenvalue weighted by Gasteiger charge is -2.40. The van der Waals surface area contributed by atoms with Crippen LogP contribution in [0, 0.1) is 11.8 Å². The average Bonchev–Trinajstić information content (AvgIpc) is 3.26. The molecule has 2 rings (SSSR count). The molecule has 1 heterocycles. The molecule has 190 valence electrons. The normalized spacial score (nSPS) is 12.2. The van der Waals surface area contributed by atoms with Crippen molar-refractivity contribution in [3.63, 3.8) is 0 Å². The number of carbonyl (C=O) groups excluding carboxylic acids is 3. The Morgan fingerprint density at radius 3 is 2.26 bits per heavy atom. The fraction of sp³-hybridized carbons (Fsp3) is 0.444. The number of nitrogens with one attached hydrogen (secondary N) is 1. The highest BCUT2D eigenvalue weighted by molar-refractivity contribution is 5.95. The Hall–Kier alpha value is -3.39. The van der Waals surface area contributed by atoms with Crippen molar-refractivity contribution in [3.05, 3.63) is 66.0 Å². The van der Waals surface area contributed by atoms with E-state index in [1.807, 2.05) is 64.1 Å². The standard InChI is InChI=1S/C27H38N4O4/c1-20(2)16-17-25(32)31(30(19-21(3)4)27(34)24-15-10-18-29(24)5)23(26(33)28-35)14-9-13-22-11-7-6-8-12-22/h6-13,15,18,20-21,23,35H,14,16-17,19H2,1-5H3,(H,28,33)/t23-/m0/s1. The van der Waals surface area contributed by atoms with Gasteiger partial charge in [0.1, 0.15) is 11.7 Å². The van der Waals surface area contributed by atoms with Crippen molar-refractivity contribution in [1.82, 2.24) is 20.1 Å². The van der Waals surface area contributed by atoms with Crippen LogP contribution in [0.4, 0.5) is 0 Å². The Morgan fingerprint density at radius 1 is 1.03 bits per heavy atom. The van der Waals surface area contributed by atoms with Crippen molar-refractivity contribution in [2.45, 2.75) is 53.0 Å². The van der Waals surface area contributed by atoms with Gasteiger partial charge in [-0.15, -0.1) is 0 Å². The largest absolute Gasteiger partial charge is 0.347 e. The first-order chi connectivity index (χ1) is 16.6. The fourth-order valence-corrected chi connectivity index (χ4v) is 3.72. The highest BCUT2D eigenvalue weighted by Crippen LogP contribution is 2.20. The van der Waals surface area contributed by atoms with E-state index in [1.54, 1.807) is 41.5 Å². The summed E-state index contributed by atoms with van der Waals surface area (Å²) in [4.78, 5) is 40.1. The third-order valence-electron chi connectivity index (χ3n) is 5.56. The van der Waals surface area contributed by atoms with Gasteiger partial charge in [0.05, 0.1) is 0 Å². The van der Waals surface area contributed by atoms with Crippen LogP contribution in [0.25, 0.3) is 6.08 Å². The molecule has 1 atom stereocenters. The molecule has 0 saturated carbocycles. The summed E-state index contributed by atoms with van der Waals surface area (Å²) in [5, 5.41) is 12.1. The number of carbonyl (C=O) groups is 3. The van der Waals surface area contributed by atoms with Gasteiger partial charge in [-0.2, -0.15) is 0 Å².